The van der Waals surface area contributed by atoms with E-state index in [0.717, 1.165) is 23.5 Å². The Morgan fingerprint density at radius 2 is 2.37 bits per heavy atom. The second kappa shape index (κ2) is 6.50. The van der Waals surface area contributed by atoms with E-state index >= 15 is 0 Å². The number of carbonyl (C=O) groups is 1. The minimum atomic E-state index is -0.827. The fourth-order valence-corrected chi connectivity index (χ4v) is 3.46. The van der Waals surface area contributed by atoms with Crippen molar-refractivity contribution in [2.24, 2.45) is 0 Å². The third kappa shape index (κ3) is 3.78. The van der Waals surface area contributed by atoms with E-state index in [1.54, 1.807) is 6.07 Å². The van der Waals surface area contributed by atoms with E-state index in [4.69, 9.17) is 5.11 Å². The van der Waals surface area contributed by atoms with Gasteiger partial charge in [0, 0.05) is 24.0 Å². The normalized spacial score (nSPS) is 20.6. The van der Waals surface area contributed by atoms with Crippen LogP contribution in [-0.2, 0) is 6.54 Å². The van der Waals surface area contributed by atoms with E-state index in [2.05, 4.69) is 17.3 Å². The van der Waals surface area contributed by atoms with E-state index in [1.807, 2.05) is 6.92 Å². The molecule has 0 spiro atoms. The van der Waals surface area contributed by atoms with Gasteiger partial charge < -0.3 is 15.3 Å². The van der Waals surface area contributed by atoms with Crippen LogP contribution < -0.4 is 5.32 Å². The first-order chi connectivity index (χ1) is 9.08. The van der Waals surface area contributed by atoms with Gasteiger partial charge in [-0.25, -0.2) is 4.79 Å². The van der Waals surface area contributed by atoms with Crippen molar-refractivity contribution < 1.29 is 9.90 Å². The van der Waals surface area contributed by atoms with Crippen molar-refractivity contribution in [3.05, 3.63) is 21.4 Å². The first-order valence-electron chi connectivity index (χ1n) is 6.81. The Balaban J connectivity index is 1.83. The van der Waals surface area contributed by atoms with Gasteiger partial charge in [0.1, 0.15) is 4.88 Å². The second-order valence-corrected chi connectivity index (χ2v) is 6.51. The summed E-state index contributed by atoms with van der Waals surface area (Å²) in [6.45, 7) is 4.92. The predicted octanol–water partition coefficient (Wildman–Crippen LogP) is 2.33. The van der Waals surface area contributed by atoms with Gasteiger partial charge >= 0.3 is 5.97 Å². The molecule has 2 rings (SSSR count). The summed E-state index contributed by atoms with van der Waals surface area (Å²) in [6, 6.07) is 2.41. The van der Waals surface area contributed by atoms with Crippen molar-refractivity contribution in [1.82, 2.24) is 10.2 Å². The van der Waals surface area contributed by atoms with Crippen LogP contribution in [0.2, 0.25) is 0 Å². The molecule has 0 bridgehead atoms. The lowest BCUT2D eigenvalue weighted by atomic mass is 10.0. The topological polar surface area (TPSA) is 52.6 Å². The van der Waals surface area contributed by atoms with E-state index in [-0.39, 0.29) is 0 Å². The third-order valence-corrected chi connectivity index (χ3v) is 4.93. The highest BCUT2D eigenvalue weighted by molar-refractivity contribution is 7.14. The molecule has 0 aromatic carbocycles. The molecule has 1 atom stereocenters. The zero-order chi connectivity index (χ0) is 13.8. The minimum Gasteiger partial charge on any atom is -0.477 e. The van der Waals surface area contributed by atoms with Gasteiger partial charge in [-0.15, -0.1) is 11.3 Å². The molecule has 106 valence electrons. The van der Waals surface area contributed by atoms with Gasteiger partial charge in [-0.05, 0) is 45.0 Å². The van der Waals surface area contributed by atoms with Gasteiger partial charge in [-0.1, -0.05) is 6.42 Å². The smallest absolute Gasteiger partial charge is 0.345 e. The van der Waals surface area contributed by atoms with Crippen LogP contribution in [0.4, 0.5) is 0 Å². The first kappa shape index (κ1) is 14.5. The summed E-state index contributed by atoms with van der Waals surface area (Å²) in [5.74, 6) is -0.827. The zero-order valence-electron chi connectivity index (χ0n) is 11.6. The van der Waals surface area contributed by atoms with Gasteiger partial charge in [0.25, 0.3) is 0 Å². The van der Waals surface area contributed by atoms with Gasteiger partial charge in [-0.2, -0.15) is 0 Å². The molecule has 2 heterocycles. The van der Waals surface area contributed by atoms with Crippen LogP contribution in [0.5, 0.6) is 0 Å². The lowest BCUT2D eigenvalue weighted by Crippen LogP contribution is -2.42. The largest absolute Gasteiger partial charge is 0.477 e. The number of aromatic carboxylic acids is 1. The summed E-state index contributed by atoms with van der Waals surface area (Å²) in [6.07, 6.45) is 3.88. The van der Waals surface area contributed by atoms with Gasteiger partial charge in [0.15, 0.2) is 0 Å². The van der Waals surface area contributed by atoms with E-state index in [1.165, 1.54) is 37.1 Å². The van der Waals surface area contributed by atoms with Crippen molar-refractivity contribution in [2.75, 3.05) is 20.1 Å². The number of piperidine rings is 1. The number of rotatable bonds is 5. The number of nitrogens with one attached hydrogen (secondary N) is 1. The summed E-state index contributed by atoms with van der Waals surface area (Å²) >= 11 is 1.36. The molecule has 1 aliphatic rings. The molecule has 5 heteroatoms. The quantitative estimate of drug-likeness (QED) is 0.870. The Bertz CT molecular complexity index is 445. The third-order valence-electron chi connectivity index (χ3n) is 3.85. The maximum absolute atomic E-state index is 10.9. The predicted molar refractivity (Wildman–Crippen MR) is 78.0 cm³/mol. The van der Waals surface area contributed by atoms with Crippen molar-refractivity contribution in [3.63, 3.8) is 0 Å². The number of likely N-dealkylation sites (tertiary alicyclic amines) is 1. The first-order valence-corrected chi connectivity index (χ1v) is 7.63. The van der Waals surface area contributed by atoms with E-state index in [0.29, 0.717) is 10.9 Å². The van der Waals surface area contributed by atoms with E-state index in [9.17, 15) is 4.79 Å². The highest BCUT2D eigenvalue weighted by atomic mass is 32.1. The minimum absolute atomic E-state index is 0.434. The number of carboxylic acid groups (broad SMARTS) is 1. The number of thiophene rings is 1. The molecule has 4 nitrogen and oxygen atoms in total. The molecule has 1 unspecified atom stereocenters. The van der Waals surface area contributed by atoms with E-state index < -0.39 is 5.97 Å². The second-order valence-electron chi connectivity index (χ2n) is 5.26. The van der Waals surface area contributed by atoms with Crippen LogP contribution in [0.25, 0.3) is 0 Å². The Kier molecular flexibility index (Phi) is 4.96. The van der Waals surface area contributed by atoms with Gasteiger partial charge in [-0.3, -0.25) is 0 Å². The van der Waals surface area contributed by atoms with Crippen LogP contribution in [0.3, 0.4) is 0 Å². The van der Waals surface area contributed by atoms with Gasteiger partial charge in [0.2, 0.25) is 0 Å². The zero-order valence-corrected chi connectivity index (χ0v) is 12.4. The molecule has 0 radical (unpaired) electrons. The Labute approximate surface area is 118 Å². The van der Waals surface area contributed by atoms with Crippen LogP contribution >= 0.6 is 11.3 Å². The van der Waals surface area contributed by atoms with Crippen molar-refractivity contribution in [2.45, 2.75) is 38.8 Å². The molecule has 0 aliphatic carbocycles. The molecule has 2 N–H and O–H groups in total. The average Bonchev–Trinajstić information content (AvgIpc) is 2.74. The molecule has 1 aliphatic heterocycles. The summed E-state index contributed by atoms with van der Waals surface area (Å²) in [5.41, 5.74) is 1.11. The SMILES string of the molecule is Cc1sc(C(=O)O)cc1CNCC1CCCCN1C. The van der Waals surface area contributed by atoms with Crippen LogP contribution in [0, 0.1) is 6.92 Å². The fourth-order valence-electron chi connectivity index (χ4n) is 2.58. The number of hydrogen-bond donors (Lipinski definition) is 2. The molecule has 1 saturated heterocycles. The molecule has 19 heavy (non-hydrogen) atoms. The Hall–Kier alpha value is -0.910. The highest BCUT2D eigenvalue weighted by Gasteiger charge is 2.18. The number of hydrogen-bond acceptors (Lipinski definition) is 4. The summed E-state index contributed by atoms with van der Waals surface area (Å²) in [7, 11) is 2.18. The summed E-state index contributed by atoms with van der Waals surface area (Å²) < 4.78 is 0. The van der Waals surface area contributed by atoms with Crippen LogP contribution in [-0.4, -0.2) is 42.2 Å². The lowest BCUT2D eigenvalue weighted by molar-refractivity contribution is 0.0702. The highest BCUT2D eigenvalue weighted by Crippen LogP contribution is 2.21. The number of nitrogens with zero attached hydrogens (tertiary/aromatic N) is 1. The lowest BCUT2D eigenvalue weighted by Gasteiger charge is -2.32. The Morgan fingerprint density at radius 3 is 3.00 bits per heavy atom. The molecule has 0 amide bonds. The number of aryl methyl sites for hydroxylation is 1. The molecular weight excluding hydrogens is 260 g/mol. The molecule has 1 aromatic heterocycles. The Morgan fingerprint density at radius 1 is 1.58 bits per heavy atom. The van der Waals surface area contributed by atoms with Crippen molar-refractivity contribution in [3.8, 4) is 0 Å². The average molecular weight is 282 g/mol. The number of likely N-dealkylation sites (N-methyl/N-ethyl adjacent to an activating group) is 1. The van der Waals surface area contributed by atoms with Gasteiger partial charge in [0.05, 0.1) is 0 Å². The summed E-state index contributed by atoms with van der Waals surface area (Å²) in [4.78, 5) is 14.9. The number of carboxylic acids is 1. The van der Waals surface area contributed by atoms with Crippen LogP contribution in [0.15, 0.2) is 6.07 Å². The van der Waals surface area contributed by atoms with Crippen molar-refractivity contribution >= 4 is 17.3 Å². The molecule has 0 saturated carbocycles. The maximum Gasteiger partial charge on any atom is 0.345 e. The van der Waals surface area contributed by atoms with Crippen molar-refractivity contribution in [1.29, 1.82) is 0 Å². The standard InChI is InChI=1S/C14H22N2O2S/c1-10-11(7-13(19-10)14(17)18)8-15-9-12-5-3-4-6-16(12)2/h7,12,15H,3-6,8-9H2,1-2H3,(H,17,18). The fraction of sp³-hybridized carbons (Fsp3) is 0.643. The molecule has 1 aromatic rings. The van der Waals surface area contributed by atoms with Crippen LogP contribution in [0.1, 0.15) is 39.4 Å². The maximum atomic E-state index is 10.9. The summed E-state index contributed by atoms with van der Waals surface area (Å²) in [5, 5.41) is 12.4. The molecule has 1 fully saturated rings. The monoisotopic (exact) mass is 282 g/mol. The molecular formula is C14H22N2O2S.